The summed E-state index contributed by atoms with van der Waals surface area (Å²) in [4.78, 5) is 27.3. The number of nitrogens with one attached hydrogen (secondary N) is 2. The Kier molecular flexibility index (Phi) is 5.87. The van der Waals surface area contributed by atoms with E-state index < -0.39 is 11.8 Å². The molecular formula is C15H20N4O2. The van der Waals surface area contributed by atoms with Crippen LogP contribution < -0.4 is 10.7 Å². The summed E-state index contributed by atoms with van der Waals surface area (Å²) in [6.07, 6.45) is 11.2. The Morgan fingerprint density at radius 1 is 1.19 bits per heavy atom. The second-order valence-electron chi connectivity index (χ2n) is 5.15. The fraction of sp³-hybridized carbons (Fsp3) is 0.467. The molecule has 6 heteroatoms. The molecule has 0 bridgehead atoms. The molecule has 1 aliphatic carbocycles. The highest BCUT2D eigenvalue weighted by atomic mass is 16.2. The predicted molar refractivity (Wildman–Crippen MR) is 79.6 cm³/mol. The monoisotopic (exact) mass is 288 g/mol. The summed E-state index contributed by atoms with van der Waals surface area (Å²) in [6, 6.07) is 3.67. The molecule has 1 fully saturated rings. The van der Waals surface area contributed by atoms with Crippen LogP contribution in [0.3, 0.4) is 0 Å². The summed E-state index contributed by atoms with van der Waals surface area (Å²) in [7, 11) is 0. The van der Waals surface area contributed by atoms with Crippen molar-refractivity contribution >= 4 is 18.0 Å². The van der Waals surface area contributed by atoms with E-state index in [1.807, 2.05) is 0 Å². The van der Waals surface area contributed by atoms with Crippen LogP contribution in [0, 0.1) is 0 Å². The number of carbonyl (C=O) groups excluding carboxylic acids is 2. The Labute approximate surface area is 124 Å². The number of hydrogen-bond donors (Lipinski definition) is 2. The van der Waals surface area contributed by atoms with E-state index in [0.717, 1.165) is 31.2 Å². The molecule has 1 heterocycles. The summed E-state index contributed by atoms with van der Waals surface area (Å²) >= 11 is 0. The van der Waals surface area contributed by atoms with Gasteiger partial charge in [0.15, 0.2) is 0 Å². The molecule has 0 saturated heterocycles. The van der Waals surface area contributed by atoms with E-state index in [-0.39, 0.29) is 6.04 Å². The molecule has 1 aromatic rings. The van der Waals surface area contributed by atoms with E-state index >= 15 is 0 Å². The van der Waals surface area contributed by atoms with Gasteiger partial charge in [-0.3, -0.25) is 14.6 Å². The summed E-state index contributed by atoms with van der Waals surface area (Å²) in [5, 5.41) is 6.52. The average molecular weight is 288 g/mol. The van der Waals surface area contributed by atoms with Gasteiger partial charge in [0.25, 0.3) is 0 Å². The van der Waals surface area contributed by atoms with Crippen LogP contribution in [-0.4, -0.2) is 29.1 Å². The molecule has 2 N–H and O–H groups in total. The van der Waals surface area contributed by atoms with Crippen molar-refractivity contribution in [2.24, 2.45) is 5.10 Å². The first-order valence-electron chi connectivity index (χ1n) is 7.29. The van der Waals surface area contributed by atoms with E-state index in [1.54, 1.807) is 24.5 Å². The lowest BCUT2D eigenvalue weighted by Crippen LogP contribution is -2.43. The van der Waals surface area contributed by atoms with Crippen molar-refractivity contribution in [2.45, 2.75) is 44.6 Å². The SMILES string of the molecule is O=C(N/N=C/c1cccnc1)C(=O)NC1CCCCCC1. The minimum Gasteiger partial charge on any atom is -0.345 e. The summed E-state index contributed by atoms with van der Waals surface area (Å²) in [5.41, 5.74) is 2.98. The van der Waals surface area contributed by atoms with Crippen molar-refractivity contribution in [3.63, 3.8) is 0 Å². The average Bonchev–Trinajstić information content (AvgIpc) is 2.77. The Morgan fingerprint density at radius 3 is 2.62 bits per heavy atom. The fourth-order valence-electron chi connectivity index (χ4n) is 2.34. The molecule has 1 aromatic heterocycles. The lowest BCUT2D eigenvalue weighted by molar-refractivity contribution is -0.139. The minimum atomic E-state index is -0.737. The maximum atomic E-state index is 11.8. The van der Waals surface area contributed by atoms with Crippen LogP contribution in [-0.2, 0) is 9.59 Å². The topological polar surface area (TPSA) is 83.5 Å². The van der Waals surface area contributed by atoms with Crippen molar-refractivity contribution in [1.82, 2.24) is 15.7 Å². The third-order valence-electron chi connectivity index (χ3n) is 3.46. The number of rotatable bonds is 3. The molecule has 0 aromatic carbocycles. The summed E-state index contributed by atoms with van der Waals surface area (Å²) in [5.74, 6) is -1.36. The second-order valence-corrected chi connectivity index (χ2v) is 5.15. The van der Waals surface area contributed by atoms with Crippen LogP contribution in [0.2, 0.25) is 0 Å². The number of amides is 2. The third-order valence-corrected chi connectivity index (χ3v) is 3.46. The van der Waals surface area contributed by atoms with E-state index in [9.17, 15) is 9.59 Å². The quantitative estimate of drug-likeness (QED) is 0.381. The molecule has 6 nitrogen and oxygen atoms in total. The van der Waals surface area contributed by atoms with Crippen molar-refractivity contribution in [3.8, 4) is 0 Å². The summed E-state index contributed by atoms with van der Waals surface area (Å²) < 4.78 is 0. The molecule has 0 unspecified atom stereocenters. The highest BCUT2D eigenvalue weighted by Crippen LogP contribution is 2.16. The van der Waals surface area contributed by atoms with Gasteiger partial charge >= 0.3 is 11.8 Å². The van der Waals surface area contributed by atoms with Crippen LogP contribution >= 0.6 is 0 Å². The molecule has 0 aliphatic heterocycles. The van der Waals surface area contributed by atoms with Gasteiger partial charge in [0.05, 0.1) is 6.21 Å². The van der Waals surface area contributed by atoms with E-state index in [0.29, 0.717) is 0 Å². The minimum absolute atomic E-state index is 0.105. The molecule has 112 valence electrons. The smallest absolute Gasteiger partial charge is 0.329 e. The van der Waals surface area contributed by atoms with Gasteiger partial charge in [-0.2, -0.15) is 5.10 Å². The van der Waals surface area contributed by atoms with Gasteiger partial charge in [0.2, 0.25) is 0 Å². The van der Waals surface area contributed by atoms with Crippen LogP contribution in [0.1, 0.15) is 44.1 Å². The zero-order valence-corrected chi connectivity index (χ0v) is 11.9. The van der Waals surface area contributed by atoms with Crippen LogP contribution in [0.15, 0.2) is 29.6 Å². The van der Waals surface area contributed by atoms with Gasteiger partial charge in [-0.15, -0.1) is 0 Å². The molecule has 1 saturated carbocycles. The number of hydrogen-bond acceptors (Lipinski definition) is 4. The number of hydrazone groups is 1. The second kappa shape index (κ2) is 8.14. The summed E-state index contributed by atoms with van der Waals surface area (Å²) in [6.45, 7) is 0. The lowest BCUT2D eigenvalue weighted by atomic mass is 10.1. The molecule has 1 aliphatic rings. The zero-order chi connectivity index (χ0) is 14.9. The predicted octanol–water partition coefficient (Wildman–Crippen LogP) is 1.37. The highest BCUT2D eigenvalue weighted by molar-refractivity contribution is 6.35. The van der Waals surface area contributed by atoms with Gasteiger partial charge < -0.3 is 5.32 Å². The number of nitrogens with zero attached hydrogens (tertiary/aromatic N) is 2. The van der Waals surface area contributed by atoms with Gasteiger partial charge in [0.1, 0.15) is 0 Å². The standard InChI is InChI=1S/C15H20N4O2/c20-14(18-13-7-3-1-2-4-8-13)15(21)19-17-11-12-6-5-9-16-10-12/h5-6,9-11,13H,1-4,7-8H2,(H,18,20)(H,19,21)/b17-11+. The highest BCUT2D eigenvalue weighted by Gasteiger charge is 2.19. The maximum absolute atomic E-state index is 11.8. The largest absolute Gasteiger partial charge is 0.345 e. The van der Waals surface area contributed by atoms with Crippen molar-refractivity contribution in [2.75, 3.05) is 0 Å². The molecule has 21 heavy (non-hydrogen) atoms. The first-order chi connectivity index (χ1) is 10.3. The Bertz CT molecular complexity index is 494. The normalized spacial score (nSPS) is 16.4. The van der Waals surface area contributed by atoms with Gasteiger partial charge in [-0.25, -0.2) is 5.43 Å². The van der Waals surface area contributed by atoms with Crippen molar-refractivity contribution < 1.29 is 9.59 Å². The van der Waals surface area contributed by atoms with E-state index in [1.165, 1.54) is 19.1 Å². The number of carbonyl (C=O) groups is 2. The third kappa shape index (κ3) is 5.33. The first-order valence-corrected chi connectivity index (χ1v) is 7.29. The Balaban J connectivity index is 1.77. The molecule has 2 amide bonds. The number of pyridine rings is 1. The maximum Gasteiger partial charge on any atom is 0.329 e. The Hall–Kier alpha value is -2.24. The molecule has 0 spiro atoms. The molecular weight excluding hydrogens is 268 g/mol. The number of aromatic nitrogens is 1. The van der Waals surface area contributed by atoms with Crippen molar-refractivity contribution in [3.05, 3.63) is 30.1 Å². The molecule has 0 radical (unpaired) electrons. The van der Waals surface area contributed by atoms with E-state index in [4.69, 9.17) is 0 Å². The van der Waals surface area contributed by atoms with Crippen LogP contribution in [0.4, 0.5) is 0 Å². The van der Waals surface area contributed by atoms with Crippen molar-refractivity contribution in [1.29, 1.82) is 0 Å². The van der Waals surface area contributed by atoms with Crippen LogP contribution in [0.25, 0.3) is 0 Å². The van der Waals surface area contributed by atoms with Crippen LogP contribution in [0.5, 0.6) is 0 Å². The first kappa shape index (κ1) is 15.2. The fourth-order valence-corrected chi connectivity index (χ4v) is 2.34. The Morgan fingerprint density at radius 2 is 1.95 bits per heavy atom. The van der Waals surface area contributed by atoms with E-state index in [2.05, 4.69) is 20.8 Å². The zero-order valence-electron chi connectivity index (χ0n) is 11.9. The molecule has 2 rings (SSSR count). The van der Waals surface area contributed by atoms with Gasteiger partial charge in [-0.05, 0) is 18.9 Å². The van der Waals surface area contributed by atoms with Gasteiger partial charge in [0, 0.05) is 24.0 Å². The lowest BCUT2D eigenvalue weighted by Gasteiger charge is -2.14. The van der Waals surface area contributed by atoms with Gasteiger partial charge in [-0.1, -0.05) is 31.7 Å². The molecule has 0 atom stereocenters.